The number of thiophene rings is 1. The van der Waals surface area contributed by atoms with Crippen molar-refractivity contribution in [2.24, 2.45) is 0 Å². The maximum Gasteiger partial charge on any atom is 0.264 e. The fourth-order valence-corrected chi connectivity index (χ4v) is 5.55. The molecule has 4 rings (SSSR count). The number of nitrogens with zero attached hydrogens (tertiary/aromatic N) is 1. The molecule has 2 heterocycles. The Kier molecular flexibility index (Phi) is 5.32. The number of amides is 1. The van der Waals surface area contributed by atoms with Crippen LogP contribution in [0.2, 0.25) is 0 Å². The van der Waals surface area contributed by atoms with Gasteiger partial charge in [0, 0.05) is 12.8 Å². The van der Waals surface area contributed by atoms with Gasteiger partial charge in [0.25, 0.3) is 5.91 Å². The van der Waals surface area contributed by atoms with E-state index in [0.29, 0.717) is 4.90 Å². The van der Waals surface area contributed by atoms with E-state index in [-0.39, 0.29) is 11.9 Å². The zero-order valence-electron chi connectivity index (χ0n) is 16.5. The van der Waals surface area contributed by atoms with E-state index in [9.17, 15) is 13.2 Å². The van der Waals surface area contributed by atoms with Crippen LogP contribution in [0.5, 0.6) is 0 Å². The summed E-state index contributed by atoms with van der Waals surface area (Å²) in [5.74, 6) is 0.0830. The molecule has 1 amide bonds. The minimum Gasteiger partial charge on any atom is -0.331 e. The van der Waals surface area contributed by atoms with E-state index in [2.05, 4.69) is 6.07 Å². The number of hydrogen-bond acceptors (Lipinski definition) is 4. The molecule has 1 aliphatic rings. The van der Waals surface area contributed by atoms with Gasteiger partial charge in [-0.3, -0.25) is 4.79 Å². The summed E-state index contributed by atoms with van der Waals surface area (Å²) in [5.41, 5.74) is 3.92. The quantitative estimate of drug-likeness (QED) is 0.584. The maximum absolute atomic E-state index is 13.2. The Balaban J connectivity index is 1.75. The summed E-state index contributed by atoms with van der Waals surface area (Å²) >= 11 is 1.49. The molecule has 1 fully saturated rings. The predicted molar refractivity (Wildman–Crippen MR) is 117 cm³/mol. The number of rotatable bonds is 4. The lowest BCUT2D eigenvalue weighted by molar-refractivity contribution is 0.0740. The molecule has 3 aromatic rings. The van der Waals surface area contributed by atoms with Gasteiger partial charge in [0.05, 0.1) is 15.8 Å². The van der Waals surface area contributed by atoms with Gasteiger partial charge in [-0.25, -0.2) is 8.42 Å². The van der Waals surface area contributed by atoms with Crippen molar-refractivity contribution in [3.63, 3.8) is 0 Å². The van der Waals surface area contributed by atoms with Crippen LogP contribution < -0.4 is 0 Å². The fraction of sp³-hybridized carbons (Fsp3) is 0.261. The number of sulfone groups is 1. The summed E-state index contributed by atoms with van der Waals surface area (Å²) < 4.78 is 24.0. The highest BCUT2D eigenvalue weighted by atomic mass is 32.2. The Hall–Kier alpha value is -2.44. The average molecular weight is 426 g/mol. The van der Waals surface area contributed by atoms with Gasteiger partial charge in [0.1, 0.15) is 0 Å². The molecule has 6 heteroatoms. The van der Waals surface area contributed by atoms with Crippen LogP contribution in [0, 0.1) is 6.92 Å². The van der Waals surface area contributed by atoms with E-state index < -0.39 is 9.84 Å². The van der Waals surface area contributed by atoms with Crippen LogP contribution in [0.25, 0.3) is 11.1 Å². The Bertz CT molecular complexity index is 1160. The minimum absolute atomic E-state index is 0.0120. The molecule has 0 radical (unpaired) electrons. The van der Waals surface area contributed by atoms with Gasteiger partial charge in [-0.05, 0) is 65.6 Å². The molecule has 0 N–H and O–H groups in total. The molecular formula is C23H23NO3S2. The van der Waals surface area contributed by atoms with E-state index in [1.807, 2.05) is 47.5 Å². The molecule has 0 saturated carbocycles. The van der Waals surface area contributed by atoms with Crippen molar-refractivity contribution in [2.75, 3.05) is 12.8 Å². The van der Waals surface area contributed by atoms with E-state index in [0.717, 1.165) is 46.5 Å². The van der Waals surface area contributed by atoms with Crippen LogP contribution in [0.3, 0.4) is 0 Å². The fourth-order valence-electron chi connectivity index (χ4n) is 4.00. The van der Waals surface area contributed by atoms with Crippen LogP contribution in [0.15, 0.2) is 64.9 Å². The summed E-state index contributed by atoms with van der Waals surface area (Å²) in [6.45, 7) is 2.71. The third kappa shape index (κ3) is 3.87. The summed E-state index contributed by atoms with van der Waals surface area (Å²) in [7, 11) is -3.29. The number of benzene rings is 2. The second kappa shape index (κ2) is 7.76. The van der Waals surface area contributed by atoms with Crippen LogP contribution in [0.4, 0.5) is 0 Å². The van der Waals surface area contributed by atoms with Crippen molar-refractivity contribution in [3.8, 4) is 11.1 Å². The van der Waals surface area contributed by atoms with Gasteiger partial charge in [-0.2, -0.15) is 0 Å². The topological polar surface area (TPSA) is 54.5 Å². The Morgan fingerprint density at radius 2 is 1.90 bits per heavy atom. The van der Waals surface area contributed by atoms with Gasteiger partial charge in [-0.1, -0.05) is 36.4 Å². The Labute approximate surface area is 175 Å². The van der Waals surface area contributed by atoms with Crippen LogP contribution in [-0.4, -0.2) is 32.0 Å². The first-order valence-corrected chi connectivity index (χ1v) is 12.4. The Morgan fingerprint density at radius 3 is 2.62 bits per heavy atom. The molecule has 29 heavy (non-hydrogen) atoms. The molecule has 0 aliphatic carbocycles. The highest BCUT2D eigenvalue weighted by molar-refractivity contribution is 7.90. The molecule has 1 saturated heterocycles. The third-order valence-corrected chi connectivity index (χ3v) is 7.58. The van der Waals surface area contributed by atoms with Gasteiger partial charge in [0.2, 0.25) is 0 Å². The number of aryl methyl sites for hydroxylation is 1. The summed E-state index contributed by atoms with van der Waals surface area (Å²) in [5, 5.41) is 1.96. The zero-order chi connectivity index (χ0) is 20.6. The van der Waals surface area contributed by atoms with E-state index >= 15 is 0 Å². The number of carbonyl (C=O) groups excluding carboxylic acids is 1. The van der Waals surface area contributed by atoms with Crippen molar-refractivity contribution in [1.82, 2.24) is 4.90 Å². The molecule has 4 nitrogen and oxygen atoms in total. The molecule has 0 spiro atoms. The zero-order valence-corrected chi connectivity index (χ0v) is 18.1. The molecule has 0 bridgehead atoms. The van der Waals surface area contributed by atoms with Crippen molar-refractivity contribution >= 4 is 27.1 Å². The second-order valence-electron chi connectivity index (χ2n) is 7.48. The van der Waals surface area contributed by atoms with Gasteiger partial charge in [0.15, 0.2) is 9.84 Å². The molecule has 1 aromatic heterocycles. The largest absolute Gasteiger partial charge is 0.331 e. The van der Waals surface area contributed by atoms with Crippen LogP contribution in [0.1, 0.15) is 39.7 Å². The second-order valence-corrected chi connectivity index (χ2v) is 10.4. The van der Waals surface area contributed by atoms with Gasteiger partial charge in [-0.15, -0.1) is 11.3 Å². The lowest BCUT2D eigenvalue weighted by Gasteiger charge is -2.27. The molecular weight excluding hydrogens is 402 g/mol. The van der Waals surface area contributed by atoms with Gasteiger partial charge < -0.3 is 4.90 Å². The lowest BCUT2D eigenvalue weighted by atomic mass is 9.93. The summed E-state index contributed by atoms with van der Waals surface area (Å²) in [6, 6.07) is 17.0. The van der Waals surface area contributed by atoms with Crippen molar-refractivity contribution in [2.45, 2.75) is 30.7 Å². The number of carbonyl (C=O) groups is 1. The normalized spacial score (nSPS) is 16.9. The predicted octanol–water partition coefficient (Wildman–Crippen LogP) is 5.10. The smallest absolute Gasteiger partial charge is 0.264 e. The first-order valence-electron chi connectivity index (χ1n) is 9.61. The maximum atomic E-state index is 13.2. The van der Waals surface area contributed by atoms with Gasteiger partial charge >= 0.3 is 0 Å². The third-order valence-electron chi connectivity index (χ3n) is 5.46. The van der Waals surface area contributed by atoms with E-state index in [4.69, 9.17) is 0 Å². The van der Waals surface area contributed by atoms with Crippen molar-refractivity contribution < 1.29 is 13.2 Å². The first kappa shape index (κ1) is 19.9. The lowest BCUT2D eigenvalue weighted by Crippen LogP contribution is -2.30. The van der Waals surface area contributed by atoms with E-state index in [1.165, 1.54) is 17.6 Å². The van der Waals surface area contributed by atoms with Crippen LogP contribution >= 0.6 is 11.3 Å². The van der Waals surface area contributed by atoms with E-state index in [1.54, 1.807) is 18.2 Å². The SMILES string of the molecule is Cc1ccsc1C(=O)N1CCC[C@H]1c1ccccc1-c1cccc(S(C)(=O)=O)c1. The number of hydrogen-bond donors (Lipinski definition) is 0. The molecule has 1 atom stereocenters. The Morgan fingerprint density at radius 1 is 1.10 bits per heavy atom. The summed E-state index contributed by atoms with van der Waals surface area (Å²) in [4.78, 5) is 16.3. The first-order chi connectivity index (χ1) is 13.9. The average Bonchev–Trinajstić information content (AvgIpc) is 3.36. The highest BCUT2D eigenvalue weighted by Crippen LogP contribution is 2.39. The molecule has 150 valence electrons. The van der Waals surface area contributed by atoms with Crippen molar-refractivity contribution in [3.05, 3.63) is 76.0 Å². The van der Waals surface area contributed by atoms with Crippen LogP contribution in [-0.2, 0) is 9.84 Å². The monoisotopic (exact) mass is 425 g/mol. The molecule has 0 unspecified atom stereocenters. The number of likely N-dealkylation sites (tertiary alicyclic amines) is 1. The standard InChI is InChI=1S/C23H23NO3S2/c1-16-12-14-28-22(16)23(25)24-13-6-11-21(24)20-10-4-3-9-19(20)17-7-5-8-18(15-17)29(2,26)27/h3-5,7-10,12,14-15,21H,6,11,13H2,1-2H3/t21-/m0/s1. The summed E-state index contributed by atoms with van der Waals surface area (Å²) in [6.07, 6.45) is 3.08. The highest BCUT2D eigenvalue weighted by Gasteiger charge is 2.33. The molecule has 1 aliphatic heterocycles. The minimum atomic E-state index is -3.29. The van der Waals surface area contributed by atoms with Crippen molar-refractivity contribution in [1.29, 1.82) is 0 Å². The molecule has 2 aromatic carbocycles.